The first-order chi connectivity index (χ1) is 10.5. The monoisotopic (exact) mass is 290 g/mol. The maximum atomic E-state index is 6.02. The van der Waals surface area contributed by atoms with E-state index in [0.29, 0.717) is 22.7 Å². The molecule has 22 heavy (non-hydrogen) atoms. The molecule has 0 aliphatic rings. The first-order valence-corrected chi connectivity index (χ1v) is 6.95. The maximum absolute atomic E-state index is 6.02. The Hall–Kier alpha value is -3.14. The summed E-state index contributed by atoms with van der Waals surface area (Å²) in [5.41, 5.74) is 30.4. The number of nitrogen functional groups attached to an aromatic ring is 4. The summed E-state index contributed by atoms with van der Waals surface area (Å²) in [5.74, 6) is 0. The fourth-order valence-electron chi connectivity index (χ4n) is 2.48. The molecule has 0 unspecified atom stereocenters. The molecule has 8 N–H and O–H groups in total. The summed E-state index contributed by atoms with van der Waals surface area (Å²) in [6, 6.07) is 19.0. The summed E-state index contributed by atoms with van der Waals surface area (Å²) >= 11 is 0. The van der Waals surface area contributed by atoms with E-state index in [2.05, 4.69) is 0 Å². The van der Waals surface area contributed by atoms with Gasteiger partial charge in [-0.3, -0.25) is 0 Å². The Morgan fingerprint density at radius 1 is 0.455 bits per heavy atom. The zero-order chi connectivity index (χ0) is 15.7. The minimum absolute atomic E-state index is 0.688. The molecule has 0 amide bonds. The molecule has 4 nitrogen and oxygen atoms in total. The Balaban J connectivity index is 2.03. The Morgan fingerprint density at radius 3 is 1.18 bits per heavy atom. The maximum Gasteiger partial charge on any atom is 0.0395 e. The normalized spacial score (nSPS) is 10.5. The smallest absolute Gasteiger partial charge is 0.0395 e. The molecule has 3 aromatic carbocycles. The van der Waals surface area contributed by atoms with Gasteiger partial charge in [-0.15, -0.1) is 0 Å². The Morgan fingerprint density at radius 2 is 0.818 bits per heavy atom. The largest absolute Gasteiger partial charge is 0.399 e. The average Bonchev–Trinajstić information content (AvgIpc) is 2.52. The fourth-order valence-corrected chi connectivity index (χ4v) is 2.48. The molecule has 3 rings (SSSR count). The van der Waals surface area contributed by atoms with Crippen LogP contribution in [0.2, 0.25) is 0 Å². The molecule has 0 spiro atoms. The standard InChI is InChI=1S/C18H18N4/c19-13-5-7-17(21)15(9-13)11-1-2-12(4-3-11)16-10-14(20)6-8-18(16)22/h1-10H,19-22H2. The van der Waals surface area contributed by atoms with Crippen molar-refractivity contribution in [2.75, 3.05) is 22.9 Å². The van der Waals surface area contributed by atoms with E-state index in [1.807, 2.05) is 48.5 Å². The van der Waals surface area contributed by atoms with Crippen molar-refractivity contribution < 1.29 is 0 Å². The Bertz CT molecular complexity index is 752. The highest BCUT2D eigenvalue weighted by atomic mass is 14.6. The SMILES string of the molecule is Nc1ccc(N)c(-c2ccc(-c3cc(N)ccc3N)cc2)c1. The summed E-state index contributed by atoms with van der Waals surface area (Å²) in [5, 5.41) is 0. The summed E-state index contributed by atoms with van der Waals surface area (Å²) in [4.78, 5) is 0. The minimum Gasteiger partial charge on any atom is -0.399 e. The second-order valence-corrected chi connectivity index (χ2v) is 5.27. The second-order valence-electron chi connectivity index (χ2n) is 5.27. The van der Waals surface area contributed by atoms with Gasteiger partial charge < -0.3 is 22.9 Å². The van der Waals surface area contributed by atoms with Crippen LogP contribution in [0.15, 0.2) is 60.7 Å². The third-order valence-electron chi connectivity index (χ3n) is 3.66. The first-order valence-electron chi connectivity index (χ1n) is 6.95. The van der Waals surface area contributed by atoms with Crippen molar-refractivity contribution in [3.05, 3.63) is 60.7 Å². The van der Waals surface area contributed by atoms with E-state index in [0.717, 1.165) is 22.3 Å². The highest BCUT2D eigenvalue weighted by molar-refractivity contribution is 5.83. The molecule has 3 aromatic rings. The highest BCUT2D eigenvalue weighted by Crippen LogP contribution is 2.32. The van der Waals surface area contributed by atoms with Gasteiger partial charge in [-0.05, 0) is 47.5 Å². The highest BCUT2D eigenvalue weighted by Gasteiger charge is 2.06. The van der Waals surface area contributed by atoms with Gasteiger partial charge in [0, 0.05) is 33.9 Å². The molecule has 0 aliphatic heterocycles. The van der Waals surface area contributed by atoms with Gasteiger partial charge in [0.05, 0.1) is 0 Å². The van der Waals surface area contributed by atoms with Crippen LogP contribution >= 0.6 is 0 Å². The van der Waals surface area contributed by atoms with Gasteiger partial charge in [0.2, 0.25) is 0 Å². The van der Waals surface area contributed by atoms with Crippen molar-refractivity contribution in [1.82, 2.24) is 0 Å². The van der Waals surface area contributed by atoms with Gasteiger partial charge in [0.1, 0.15) is 0 Å². The molecule has 0 saturated carbocycles. The summed E-state index contributed by atoms with van der Waals surface area (Å²) < 4.78 is 0. The zero-order valence-electron chi connectivity index (χ0n) is 12.1. The predicted molar refractivity (Wildman–Crippen MR) is 95.0 cm³/mol. The van der Waals surface area contributed by atoms with E-state index in [-0.39, 0.29) is 0 Å². The van der Waals surface area contributed by atoms with Crippen LogP contribution in [-0.2, 0) is 0 Å². The molecule has 0 aliphatic carbocycles. The first kappa shape index (κ1) is 13.8. The molecule has 0 fully saturated rings. The van der Waals surface area contributed by atoms with Crippen molar-refractivity contribution in [2.45, 2.75) is 0 Å². The van der Waals surface area contributed by atoms with Crippen LogP contribution in [0.4, 0.5) is 22.7 Å². The van der Waals surface area contributed by atoms with Gasteiger partial charge in [-0.25, -0.2) is 0 Å². The van der Waals surface area contributed by atoms with Gasteiger partial charge >= 0.3 is 0 Å². The lowest BCUT2D eigenvalue weighted by Gasteiger charge is -2.10. The molecule has 0 bridgehead atoms. The molecule has 0 heterocycles. The zero-order valence-corrected chi connectivity index (χ0v) is 12.1. The van der Waals surface area contributed by atoms with E-state index in [1.54, 1.807) is 12.1 Å². The van der Waals surface area contributed by atoms with Crippen molar-refractivity contribution in [1.29, 1.82) is 0 Å². The van der Waals surface area contributed by atoms with Gasteiger partial charge in [-0.2, -0.15) is 0 Å². The van der Waals surface area contributed by atoms with Crippen LogP contribution in [0.5, 0.6) is 0 Å². The Labute approximate surface area is 129 Å². The van der Waals surface area contributed by atoms with E-state index >= 15 is 0 Å². The fraction of sp³-hybridized carbons (Fsp3) is 0. The summed E-state index contributed by atoms with van der Waals surface area (Å²) in [6.45, 7) is 0. The van der Waals surface area contributed by atoms with Crippen LogP contribution in [-0.4, -0.2) is 0 Å². The topological polar surface area (TPSA) is 104 Å². The van der Waals surface area contributed by atoms with Gasteiger partial charge in [0.25, 0.3) is 0 Å². The molecule has 0 atom stereocenters. The number of nitrogens with two attached hydrogens (primary N) is 4. The van der Waals surface area contributed by atoms with Crippen LogP contribution in [0, 0.1) is 0 Å². The third kappa shape index (κ3) is 2.54. The van der Waals surface area contributed by atoms with Crippen molar-refractivity contribution in [2.24, 2.45) is 0 Å². The quantitative estimate of drug-likeness (QED) is 0.543. The number of benzene rings is 3. The van der Waals surface area contributed by atoms with Gasteiger partial charge in [-0.1, -0.05) is 24.3 Å². The van der Waals surface area contributed by atoms with Crippen LogP contribution in [0.25, 0.3) is 22.3 Å². The second kappa shape index (κ2) is 5.33. The Kier molecular flexibility index (Phi) is 3.35. The molecule has 0 saturated heterocycles. The number of anilines is 4. The van der Waals surface area contributed by atoms with Crippen molar-refractivity contribution >= 4 is 22.7 Å². The molecule has 4 heteroatoms. The van der Waals surface area contributed by atoms with Crippen LogP contribution < -0.4 is 22.9 Å². The van der Waals surface area contributed by atoms with Crippen LogP contribution in [0.3, 0.4) is 0 Å². The van der Waals surface area contributed by atoms with Crippen LogP contribution in [0.1, 0.15) is 0 Å². The third-order valence-corrected chi connectivity index (χ3v) is 3.66. The minimum atomic E-state index is 0.688. The average molecular weight is 290 g/mol. The summed E-state index contributed by atoms with van der Waals surface area (Å²) in [7, 11) is 0. The number of hydrogen-bond donors (Lipinski definition) is 4. The molecular weight excluding hydrogens is 272 g/mol. The number of hydrogen-bond acceptors (Lipinski definition) is 4. The van der Waals surface area contributed by atoms with E-state index < -0.39 is 0 Å². The lowest BCUT2D eigenvalue weighted by Crippen LogP contribution is -1.94. The molecule has 110 valence electrons. The molecular formula is C18H18N4. The van der Waals surface area contributed by atoms with E-state index in [1.165, 1.54) is 0 Å². The predicted octanol–water partition coefficient (Wildman–Crippen LogP) is 3.35. The van der Waals surface area contributed by atoms with E-state index in [4.69, 9.17) is 22.9 Å². The lowest BCUT2D eigenvalue weighted by atomic mass is 9.98. The van der Waals surface area contributed by atoms with Crippen molar-refractivity contribution in [3.63, 3.8) is 0 Å². The number of rotatable bonds is 2. The van der Waals surface area contributed by atoms with Gasteiger partial charge in [0.15, 0.2) is 0 Å². The summed E-state index contributed by atoms with van der Waals surface area (Å²) in [6.07, 6.45) is 0. The molecule has 0 radical (unpaired) electrons. The molecule has 0 aromatic heterocycles. The lowest BCUT2D eigenvalue weighted by molar-refractivity contribution is 1.58. The van der Waals surface area contributed by atoms with E-state index in [9.17, 15) is 0 Å². The van der Waals surface area contributed by atoms with Crippen molar-refractivity contribution in [3.8, 4) is 22.3 Å².